The Hall–Kier alpha value is -6.32. The van der Waals surface area contributed by atoms with Gasteiger partial charge in [-0.3, -0.25) is 43.3 Å². The van der Waals surface area contributed by atoms with Crippen LogP contribution < -0.4 is 20.7 Å². The maximum Gasteiger partial charge on any atom is 0.411 e. The van der Waals surface area contributed by atoms with Gasteiger partial charge in [-0.1, -0.05) is 73.9 Å². The Morgan fingerprint density at radius 1 is 0.854 bits per heavy atom. The SMILES string of the molecule is CC[C@H](C)[C@H]1NC(=O)[C@H](NC(=O)C(CC(C)C)N2CCC3(CCCN3C(=O)OC(C)(C)C)C2=O)[C@@H](C)OC(=O)[C@H](Cc2ccc(OC)cc2)N(C)C(=O)[C@@H]2CCCN2C(=O)[C@H](CC(C)C)NC(=O)[C@@H](C)C(=O)[C@H](C(C)C)OC(=O)C[C@@H]1O. The summed E-state index contributed by atoms with van der Waals surface area (Å²) in [5.41, 5.74) is -1.54. The molecule has 1 aromatic rings. The number of amides is 7. The van der Waals surface area contributed by atoms with Gasteiger partial charge in [0.05, 0.1) is 31.6 Å². The number of nitrogens with zero attached hydrogens (tertiary/aromatic N) is 4. The zero-order chi connectivity index (χ0) is 61.3. The van der Waals surface area contributed by atoms with Crippen LogP contribution in [0, 0.1) is 29.6 Å². The van der Waals surface area contributed by atoms with Crippen molar-refractivity contribution in [2.75, 3.05) is 33.8 Å². The molecule has 0 bridgehead atoms. The third-order valence-electron chi connectivity index (χ3n) is 16.4. The zero-order valence-corrected chi connectivity index (χ0v) is 51.0. The summed E-state index contributed by atoms with van der Waals surface area (Å²) in [4.78, 5) is 151. The summed E-state index contributed by atoms with van der Waals surface area (Å²) in [5.74, 6) is -9.29. The summed E-state index contributed by atoms with van der Waals surface area (Å²) in [6.07, 6.45) is -3.79. The molecule has 4 heterocycles. The van der Waals surface area contributed by atoms with Crippen LogP contribution in [-0.2, 0) is 63.8 Å². The number of aliphatic hydroxyl groups excluding tert-OH is 1. The number of fused-ring (bicyclic) bond motifs is 1. The van der Waals surface area contributed by atoms with Gasteiger partial charge in [-0.25, -0.2) is 9.59 Å². The first-order valence-corrected chi connectivity index (χ1v) is 29.4. The number of carbonyl (C=O) groups is 10. The minimum Gasteiger partial charge on any atom is -0.497 e. The van der Waals surface area contributed by atoms with E-state index in [0.29, 0.717) is 37.0 Å². The maximum absolute atomic E-state index is 15.1. The molecule has 5 rings (SSSR count). The summed E-state index contributed by atoms with van der Waals surface area (Å²) in [6, 6.07) is -1.03. The van der Waals surface area contributed by atoms with Crippen LogP contribution in [0.3, 0.4) is 0 Å². The monoisotopic (exact) mass is 1150 g/mol. The number of nitrogens with one attached hydrogen (secondary N) is 3. The number of methoxy groups -OCH3 is 1. The van der Waals surface area contributed by atoms with Crippen molar-refractivity contribution in [3.05, 3.63) is 29.8 Å². The molecule has 0 radical (unpaired) electrons. The Bertz CT molecular complexity index is 2480. The molecule has 0 aromatic heterocycles. The first-order chi connectivity index (χ1) is 38.3. The summed E-state index contributed by atoms with van der Waals surface area (Å²) in [7, 11) is 2.91. The summed E-state index contributed by atoms with van der Waals surface area (Å²) >= 11 is 0. The van der Waals surface area contributed by atoms with Crippen LogP contribution in [0.4, 0.5) is 4.79 Å². The van der Waals surface area contributed by atoms with Gasteiger partial charge in [0.25, 0.3) is 0 Å². The Balaban J connectivity index is 1.62. The standard InChI is InChI=1S/C60H93N7O15/c1-16-36(8)47-45(68)32-46(69)81-50(35(6)7)49(70)37(9)51(71)61-41(29-33(2)3)54(74)65-26-17-19-42(65)55(75)64(14)44(31-39-20-22-40(79-15)23-21-39)56(76)80-38(10)48(53(73)62-47)63-52(72)43(30-34(4)5)66-28-25-60(57(66)77)24-18-27-67(60)58(78)82-59(11,12)13/h20-23,33-38,41-45,47-48,50,68H,16-19,24-32H2,1-15H3,(H,61,71)(H,62,73)(H,63,72)/t36-,37-,38+,41-,42-,43?,44-,45-,47+,48+,50-,60?/m0/s1. The molecular formula is C60H93N7O15. The third-order valence-corrected chi connectivity index (χ3v) is 16.4. The highest BCUT2D eigenvalue weighted by molar-refractivity contribution is 6.05. The zero-order valence-electron chi connectivity index (χ0n) is 51.0. The van der Waals surface area contributed by atoms with E-state index in [1.54, 1.807) is 72.7 Å². The van der Waals surface area contributed by atoms with Gasteiger partial charge in [-0.05, 0) is 121 Å². The number of ether oxygens (including phenoxy) is 4. The predicted molar refractivity (Wildman–Crippen MR) is 302 cm³/mol. The Morgan fingerprint density at radius 2 is 1.51 bits per heavy atom. The number of esters is 2. The first kappa shape index (κ1) is 66.5. The predicted octanol–water partition coefficient (Wildman–Crippen LogP) is 4.49. The van der Waals surface area contributed by atoms with E-state index in [0.717, 1.165) is 0 Å². The molecule has 4 fully saturated rings. The molecule has 4 N–H and O–H groups in total. The van der Waals surface area contributed by atoms with Crippen molar-refractivity contribution in [3.8, 4) is 5.75 Å². The molecule has 7 amide bonds. The lowest BCUT2D eigenvalue weighted by molar-refractivity contribution is -0.163. The van der Waals surface area contributed by atoms with Gasteiger partial charge in [-0.2, -0.15) is 0 Å². The van der Waals surface area contributed by atoms with Crippen LogP contribution in [-0.4, -0.2) is 183 Å². The molecule has 1 spiro atoms. The molecule has 4 aliphatic rings. The van der Waals surface area contributed by atoms with Gasteiger partial charge in [-0.15, -0.1) is 0 Å². The quantitative estimate of drug-likeness (QED) is 0.120. The van der Waals surface area contributed by atoms with E-state index >= 15 is 14.4 Å². The second kappa shape index (κ2) is 28.3. The molecule has 0 saturated carbocycles. The largest absolute Gasteiger partial charge is 0.497 e. The van der Waals surface area contributed by atoms with E-state index in [1.807, 2.05) is 27.7 Å². The van der Waals surface area contributed by atoms with Crippen LogP contribution in [0.1, 0.15) is 153 Å². The molecule has 458 valence electrons. The molecule has 22 heteroatoms. The molecule has 0 aliphatic carbocycles. The third kappa shape index (κ3) is 16.1. The number of cyclic esters (lactones) is 2. The average molecular weight is 1150 g/mol. The molecule has 22 nitrogen and oxygen atoms in total. The molecule has 12 atom stereocenters. The molecule has 4 aliphatic heterocycles. The van der Waals surface area contributed by atoms with Crippen LogP contribution in [0.25, 0.3) is 0 Å². The Labute approximate surface area is 484 Å². The van der Waals surface area contributed by atoms with E-state index in [4.69, 9.17) is 18.9 Å². The lowest BCUT2D eigenvalue weighted by Crippen LogP contribution is -2.62. The van der Waals surface area contributed by atoms with Gasteiger partial charge in [0.15, 0.2) is 11.9 Å². The highest BCUT2D eigenvalue weighted by Crippen LogP contribution is 2.41. The van der Waals surface area contributed by atoms with Gasteiger partial charge in [0, 0.05) is 33.1 Å². The number of hydrogen-bond acceptors (Lipinski definition) is 15. The summed E-state index contributed by atoms with van der Waals surface area (Å²) in [6.45, 7) is 22.6. The van der Waals surface area contributed by atoms with Gasteiger partial charge in [0.2, 0.25) is 35.4 Å². The van der Waals surface area contributed by atoms with Crippen molar-refractivity contribution in [2.45, 2.75) is 220 Å². The highest BCUT2D eigenvalue weighted by atomic mass is 16.6. The van der Waals surface area contributed by atoms with Crippen LogP contribution >= 0.6 is 0 Å². The minimum atomic E-state index is -1.74. The van der Waals surface area contributed by atoms with Crippen LogP contribution in [0.5, 0.6) is 5.75 Å². The number of benzene rings is 1. The van der Waals surface area contributed by atoms with Crippen molar-refractivity contribution in [3.63, 3.8) is 0 Å². The van der Waals surface area contributed by atoms with E-state index < -0.39 is 149 Å². The van der Waals surface area contributed by atoms with Crippen molar-refractivity contribution < 1.29 is 72.0 Å². The fraction of sp³-hybridized carbons (Fsp3) is 0.733. The number of likely N-dealkylation sites (tertiary alicyclic amines) is 2. The minimum absolute atomic E-state index is 0.0908. The lowest BCUT2D eigenvalue weighted by Gasteiger charge is -2.37. The van der Waals surface area contributed by atoms with Gasteiger partial charge >= 0.3 is 18.0 Å². The van der Waals surface area contributed by atoms with Gasteiger partial charge in [0.1, 0.15) is 53.2 Å². The number of hydrogen-bond donors (Lipinski definition) is 4. The fourth-order valence-electron chi connectivity index (χ4n) is 11.6. The summed E-state index contributed by atoms with van der Waals surface area (Å²) < 4.78 is 23.1. The molecule has 2 unspecified atom stereocenters. The summed E-state index contributed by atoms with van der Waals surface area (Å²) in [5, 5.41) is 20.3. The first-order valence-electron chi connectivity index (χ1n) is 29.4. The van der Waals surface area contributed by atoms with Gasteiger partial charge < -0.3 is 54.7 Å². The van der Waals surface area contributed by atoms with E-state index in [2.05, 4.69) is 16.0 Å². The number of rotatable bonds is 13. The second-order valence-corrected chi connectivity index (χ2v) is 25.2. The molecule has 4 saturated heterocycles. The number of ketones is 1. The number of carbonyl (C=O) groups excluding carboxylic acids is 10. The molecular weight excluding hydrogens is 1060 g/mol. The number of aliphatic hydroxyl groups is 1. The molecule has 1 aromatic carbocycles. The van der Waals surface area contributed by atoms with Crippen molar-refractivity contribution in [1.29, 1.82) is 0 Å². The number of Topliss-reactive ketones (excluding diaryl/α,β-unsaturated/α-hetero) is 1. The molecule has 82 heavy (non-hydrogen) atoms. The maximum atomic E-state index is 15.1. The van der Waals surface area contributed by atoms with Crippen molar-refractivity contribution in [2.24, 2.45) is 29.6 Å². The average Bonchev–Trinajstić information content (AvgIpc) is 4.05. The van der Waals surface area contributed by atoms with E-state index in [-0.39, 0.29) is 63.6 Å². The number of likely N-dealkylation sites (N-methyl/N-ethyl adjacent to an activating group) is 1. The van der Waals surface area contributed by atoms with Crippen LogP contribution in [0.15, 0.2) is 24.3 Å². The van der Waals surface area contributed by atoms with E-state index in [1.165, 1.54) is 47.6 Å². The van der Waals surface area contributed by atoms with Crippen molar-refractivity contribution >= 4 is 59.3 Å². The van der Waals surface area contributed by atoms with Crippen LogP contribution in [0.2, 0.25) is 0 Å². The topological polar surface area (TPSA) is 277 Å². The lowest BCUT2D eigenvalue weighted by atomic mass is 9.91. The second-order valence-electron chi connectivity index (χ2n) is 25.2. The Morgan fingerprint density at radius 3 is 2.10 bits per heavy atom. The normalized spacial score (nSPS) is 28.7. The highest BCUT2D eigenvalue weighted by Gasteiger charge is 2.58. The fourth-order valence-corrected chi connectivity index (χ4v) is 11.6. The smallest absolute Gasteiger partial charge is 0.411 e. The van der Waals surface area contributed by atoms with E-state index in [9.17, 15) is 38.7 Å². The van der Waals surface area contributed by atoms with Crippen molar-refractivity contribution in [1.82, 2.24) is 35.6 Å². The Kier molecular flexibility index (Phi) is 22.9.